The summed E-state index contributed by atoms with van der Waals surface area (Å²) >= 11 is 0. The first-order valence-corrected chi connectivity index (χ1v) is 5.98. The zero-order valence-corrected chi connectivity index (χ0v) is 10.2. The van der Waals surface area contributed by atoms with Gasteiger partial charge in [0.2, 0.25) is 0 Å². The summed E-state index contributed by atoms with van der Waals surface area (Å²) < 4.78 is 0. The van der Waals surface area contributed by atoms with E-state index in [0.717, 1.165) is 5.56 Å². The van der Waals surface area contributed by atoms with Crippen molar-refractivity contribution < 1.29 is 9.59 Å². The van der Waals surface area contributed by atoms with Crippen molar-refractivity contribution in [3.8, 4) is 0 Å². The third-order valence-electron chi connectivity index (χ3n) is 3.25. The summed E-state index contributed by atoms with van der Waals surface area (Å²) in [5.74, 6) is -0.00759. The highest BCUT2D eigenvalue weighted by molar-refractivity contribution is 6.11. The van der Waals surface area contributed by atoms with Crippen molar-refractivity contribution in [2.24, 2.45) is 5.73 Å². The third kappa shape index (κ3) is 1.78. The Kier molecular flexibility index (Phi) is 2.56. The van der Waals surface area contributed by atoms with Gasteiger partial charge in [-0.05, 0) is 23.8 Å². The number of para-hydroxylation sites is 2. The van der Waals surface area contributed by atoms with E-state index in [2.05, 4.69) is 0 Å². The number of Topliss-reactive ketones (excluding diaryl/α,β-unsaturated/α-hetero) is 1. The Morgan fingerprint density at radius 1 is 1.00 bits per heavy atom. The Morgan fingerprint density at radius 2 is 1.63 bits per heavy atom. The highest BCUT2D eigenvalue weighted by Crippen LogP contribution is 2.35. The molecule has 1 heterocycles. The molecule has 4 nitrogen and oxygen atoms in total. The van der Waals surface area contributed by atoms with E-state index < -0.39 is 6.03 Å². The number of nitrogens with two attached hydrogens (primary N) is 1. The van der Waals surface area contributed by atoms with Crippen LogP contribution in [0.15, 0.2) is 48.5 Å². The molecule has 0 unspecified atom stereocenters. The SMILES string of the molecule is NC(=O)N1c2ccccc2C(=O)C[13c]2[13cH][13cH][13cH][13cH][13c]21. The minimum Gasteiger partial charge on any atom is -0.351 e. The Balaban J connectivity index is 2.32. The molecule has 1 aliphatic heterocycles. The number of nitrogens with zero attached hydrogens (tertiary/aromatic N) is 1. The topological polar surface area (TPSA) is 63.4 Å². The fourth-order valence-electron chi connectivity index (χ4n) is 2.42. The third-order valence-corrected chi connectivity index (χ3v) is 3.25. The summed E-state index contributed by atoms with van der Waals surface area (Å²) in [5.41, 5.74) is 8.04. The lowest BCUT2D eigenvalue weighted by atomic mass is 10.1. The van der Waals surface area contributed by atoms with Crippen molar-refractivity contribution in [1.29, 1.82) is 0 Å². The Labute approximate surface area is 110 Å². The second-order valence-electron chi connectivity index (χ2n) is 4.42. The van der Waals surface area contributed by atoms with Crippen LogP contribution in [-0.2, 0) is 6.42 Å². The van der Waals surface area contributed by atoms with Crippen molar-refractivity contribution in [2.75, 3.05) is 4.90 Å². The van der Waals surface area contributed by atoms with Crippen LogP contribution in [0.4, 0.5) is 16.2 Å². The molecule has 2 N–H and O–H groups in total. The lowest BCUT2D eigenvalue weighted by molar-refractivity contribution is 0.0994. The summed E-state index contributed by atoms with van der Waals surface area (Å²) in [7, 11) is 0. The lowest BCUT2D eigenvalue weighted by Crippen LogP contribution is -2.32. The second kappa shape index (κ2) is 4.24. The molecule has 94 valence electrons. The molecule has 3 rings (SSSR count). The zero-order valence-electron chi connectivity index (χ0n) is 10.2. The fourth-order valence-corrected chi connectivity index (χ4v) is 2.42. The maximum atomic E-state index is 12.3. The molecule has 2 amide bonds. The van der Waals surface area contributed by atoms with Gasteiger partial charge in [-0.15, -0.1) is 0 Å². The summed E-state index contributed by atoms with van der Waals surface area (Å²) in [6.07, 6.45) is 0.275. The molecule has 2 aromatic rings. The molecule has 0 aliphatic carbocycles. The summed E-state index contributed by atoms with van der Waals surface area (Å²) in [6.45, 7) is 0. The van der Waals surface area contributed by atoms with Crippen LogP contribution in [-0.4, -0.2) is 11.8 Å². The van der Waals surface area contributed by atoms with Crippen LogP contribution in [0.3, 0.4) is 0 Å². The molecule has 0 bridgehead atoms. The standard InChI is InChI=1S/C15H12N2O2/c16-15(19)17-12-7-3-1-5-10(12)9-14(18)11-6-2-4-8-13(11)17/h1-8H,9H2,(H2,16,19)/i1+1,3+1,5+1,7+1,10+1,12+1. The average molecular weight is 258 g/mol. The van der Waals surface area contributed by atoms with Crippen LogP contribution in [0.2, 0.25) is 0 Å². The molecule has 19 heavy (non-hydrogen) atoms. The maximum absolute atomic E-state index is 12.3. The molecular formula is C15H12N2O2. The number of anilines is 2. The van der Waals surface area contributed by atoms with Gasteiger partial charge in [0.25, 0.3) is 0 Å². The van der Waals surface area contributed by atoms with Gasteiger partial charge in [0.1, 0.15) is 0 Å². The second-order valence-corrected chi connectivity index (χ2v) is 4.42. The van der Waals surface area contributed by atoms with E-state index in [1.54, 1.807) is 30.3 Å². The summed E-state index contributed by atoms with van der Waals surface area (Å²) in [4.78, 5) is 25.4. The fraction of sp³-hybridized carbons (Fsp3) is 0.0667. The maximum Gasteiger partial charge on any atom is 0.323 e. The van der Waals surface area contributed by atoms with Gasteiger partial charge >= 0.3 is 6.03 Å². The number of urea groups is 1. The van der Waals surface area contributed by atoms with E-state index in [1.165, 1.54) is 4.90 Å². The Morgan fingerprint density at radius 3 is 2.37 bits per heavy atom. The number of carbonyl (C=O) groups is 2. The number of hydrogen-bond acceptors (Lipinski definition) is 2. The van der Waals surface area contributed by atoms with Gasteiger partial charge in [0.15, 0.2) is 5.78 Å². The number of carbonyl (C=O) groups excluding carboxylic acids is 2. The van der Waals surface area contributed by atoms with Crippen molar-refractivity contribution >= 4 is 23.2 Å². The van der Waals surface area contributed by atoms with Crippen LogP contribution >= 0.6 is 0 Å². The number of benzene rings is 2. The molecule has 0 atom stereocenters. The average Bonchev–Trinajstić information content (AvgIpc) is 2.53. The molecule has 4 heteroatoms. The van der Waals surface area contributed by atoms with Crippen LogP contribution in [0.1, 0.15) is 15.9 Å². The van der Waals surface area contributed by atoms with Gasteiger partial charge in [-0.25, -0.2) is 4.79 Å². The lowest BCUT2D eigenvalue weighted by Gasteiger charge is -2.22. The zero-order chi connectivity index (χ0) is 13.4. The van der Waals surface area contributed by atoms with Gasteiger partial charge in [0, 0.05) is 12.0 Å². The number of hydrogen-bond donors (Lipinski definition) is 1. The van der Waals surface area contributed by atoms with Gasteiger partial charge in [-0.3, -0.25) is 9.69 Å². The highest BCUT2D eigenvalue weighted by Gasteiger charge is 2.27. The van der Waals surface area contributed by atoms with E-state index in [4.69, 9.17) is 5.73 Å². The first-order valence-electron chi connectivity index (χ1n) is 5.98. The predicted molar refractivity (Wildman–Crippen MR) is 72.6 cm³/mol. The number of rotatable bonds is 0. The normalized spacial score (nSPS) is 13.5. The Bertz CT molecular complexity index is 679. The minimum absolute atomic E-state index is 0.00759. The predicted octanol–water partition coefficient (Wildman–Crippen LogP) is 2.64. The minimum atomic E-state index is -0.588. The van der Waals surface area contributed by atoms with Gasteiger partial charge in [0.05, 0.1) is 11.4 Å². The first kappa shape index (κ1) is 11.5. The number of ketones is 1. The van der Waals surface area contributed by atoms with Gasteiger partial charge in [-0.2, -0.15) is 0 Å². The molecule has 0 aromatic heterocycles. The smallest absolute Gasteiger partial charge is 0.323 e. The largest absolute Gasteiger partial charge is 0.351 e. The van der Waals surface area contributed by atoms with Crippen LogP contribution in [0.25, 0.3) is 0 Å². The van der Waals surface area contributed by atoms with Crippen LogP contribution < -0.4 is 10.6 Å². The van der Waals surface area contributed by atoms with Crippen molar-refractivity contribution in [2.45, 2.75) is 6.42 Å². The van der Waals surface area contributed by atoms with Crippen LogP contribution in [0, 0.1) is 0 Å². The molecule has 0 saturated carbocycles. The Hall–Kier alpha value is -2.62. The van der Waals surface area contributed by atoms with Crippen molar-refractivity contribution in [3.05, 3.63) is 59.7 Å². The quantitative estimate of drug-likeness (QED) is 0.789. The monoisotopic (exact) mass is 258 g/mol. The van der Waals surface area contributed by atoms with E-state index in [0.29, 0.717) is 16.9 Å². The number of primary amides is 1. The number of fused-ring (bicyclic) bond motifs is 2. The molecule has 0 saturated heterocycles. The van der Waals surface area contributed by atoms with Crippen molar-refractivity contribution in [3.63, 3.8) is 0 Å². The molecule has 0 radical (unpaired) electrons. The molecule has 0 spiro atoms. The van der Waals surface area contributed by atoms with Crippen molar-refractivity contribution in [1.82, 2.24) is 0 Å². The van der Waals surface area contributed by atoms with E-state index in [9.17, 15) is 9.59 Å². The number of amides is 2. The van der Waals surface area contributed by atoms with Crippen LogP contribution in [0.5, 0.6) is 0 Å². The molecule has 2 aromatic carbocycles. The first-order chi connectivity index (χ1) is 9.18. The highest BCUT2D eigenvalue weighted by atomic mass is 16.2. The molecule has 0 fully saturated rings. The van der Waals surface area contributed by atoms with E-state index >= 15 is 0 Å². The van der Waals surface area contributed by atoms with Gasteiger partial charge in [-0.1, -0.05) is 30.3 Å². The van der Waals surface area contributed by atoms with E-state index in [-0.39, 0.29) is 12.2 Å². The molecular weight excluding hydrogens is 246 g/mol. The summed E-state index contributed by atoms with van der Waals surface area (Å²) in [5, 5.41) is 0. The van der Waals surface area contributed by atoms with Gasteiger partial charge < -0.3 is 5.73 Å². The molecule has 1 aliphatic rings. The van der Waals surface area contributed by atoms with E-state index in [1.807, 2.05) is 18.2 Å². The summed E-state index contributed by atoms with van der Waals surface area (Å²) in [6, 6.07) is 13.8.